The van der Waals surface area contributed by atoms with E-state index in [0.717, 1.165) is 25.7 Å². The van der Waals surface area contributed by atoms with E-state index >= 15 is 0 Å². The predicted molar refractivity (Wildman–Crippen MR) is 141 cm³/mol. The van der Waals surface area contributed by atoms with Crippen molar-refractivity contribution in [2.75, 3.05) is 17.2 Å². The van der Waals surface area contributed by atoms with Crippen molar-refractivity contribution in [1.29, 1.82) is 0 Å². The zero-order valence-electron chi connectivity index (χ0n) is 23.0. The van der Waals surface area contributed by atoms with Crippen molar-refractivity contribution in [3.05, 3.63) is 17.8 Å². The molecule has 15 heteroatoms. The summed E-state index contributed by atoms with van der Waals surface area (Å²) in [5, 5.41) is 15.6. The van der Waals surface area contributed by atoms with Crippen molar-refractivity contribution in [1.82, 2.24) is 21.1 Å². The van der Waals surface area contributed by atoms with Crippen LogP contribution in [0.3, 0.4) is 0 Å². The largest absolute Gasteiger partial charge is 0.405 e. The van der Waals surface area contributed by atoms with Gasteiger partial charge in [-0.15, -0.1) is 5.48 Å². The highest BCUT2D eigenvalue weighted by molar-refractivity contribution is 6.41. The van der Waals surface area contributed by atoms with Crippen LogP contribution in [0.2, 0.25) is 0 Å². The molecule has 1 aromatic rings. The molecule has 3 heterocycles. The molecule has 2 amide bonds. The molecule has 1 aromatic heterocycles. The number of fused-ring (bicyclic) bond motifs is 1. The van der Waals surface area contributed by atoms with Gasteiger partial charge in [-0.05, 0) is 75.3 Å². The Morgan fingerprint density at radius 3 is 2.31 bits per heavy atom. The van der Waals surface area contributed by atoms with Gasteiger partial charge in [-0.25, -0.2) is 13.8 Å². The van der Waals surface area contributed by atoms with Gasteiger partial charge in [0.2, 0.25) is 11.8 Å². The second-order valence-corrected chi connectivity index (χ2v) is 12.3. The second kappa shape index (κ2) is 10.5. The van der Waals surface area contributed by atoms with Crippen LogP contribution >= 0.6 is 0 Å². The normalized spacial score (nSPS) is 26.8. The molecule has 0 bridgehead atoms. The molecule has 5 aliphatic rings. The quantitative estimate of drug-likeness (QED) is 0.275. The third-order valence-corrected chi connectivity index (χ3v) is 9.13. The number of nitrogens with one attached hydrogen (secondary N) is 5. The topological polar surface area (TPSA) is 129 Å². The first-order valence-electron chi connectivity index (χ1n) is 14.4. The van der Waals surface area contributed by atoms with Crippen LogP contribution in [0.25, 0.3) is 0 Å². The summed E-state index contributed by atoms with van der Waals surface area (Å²) in [4.78, 5) is 35.9. The van der Waals surface area contributed by atoms with Gasteiger partial charge in [0.05, 0.1) is 28.9 Å². The van der Waals surface area contributed by atoms with E-state index in [2.05, 4.69) is 31.6 Å². The van der Waals surface area contributed by atoms with Crippen LogP contribution in [-0.4, -0.2) is 59.4 Å². The molecule has 230 valence electrons. The predicted octanol–water partition coefficient (Wildman–Crippen LogP) is 3.57. The van der Waals surface area contributed by atoms with Gasteiger partial charge in [0.25, 0.3) is 5.91 Å². The zero-order valence-corrected chi connectivity index (χ0v) is 23.0. The lowest BCUT2D eigenvalue weighted by Crippen LogP contribution is -2.56. The fourth-order valence-electron chi connectivity index (χ4n) is 6.56. The van der Waals surface area contributed by atoms with Gasteiger partial charge in [-0.2, -0.15) is 13.2 Å². The average molecular weight is 600 g/mol. The number of rotatable bonds is 9. The Hall–Kier alpha value is -3.23. The number of alkyl halides is 5. The molecule has 0 radical (unpaired) electrons. The van der Waals surface area contributed by atoms with E-state index in [4.69, 9.17) is 4.94 Å². The molecular formula is C27H34F5N7O3. The average Bonchev–Trinajstić information content (AvgIpc) is 3.86. The number of nitrogens with zero attached hydrogens (tertiary/aromatic N) is 2. The fourth-order valence-corrected chi connectivity index (χ4v) is 6.56. The highest BCUT2D eigenvalue weighted by Gasteiger charge is 2.52. The molecular weight excluding hydrogens is 565 g/mol. The first-order chi connectivity index (χ1) is 19.9. The van der Waals surface area contributed by atoms with Crippen molar-refractivity contribution >= 4 is 29.0 Å². The summed E-state index contributed by atoms with van der Waals surface area (Å²) >= 11 is 0. The maximum atomic E-state index is 14.1. The van der Waals surface area contributed by atoms with E-state index in [1.807, 2.05) is 5.32 Å². The van der Waals surface area contributed by atoms with Crippen LogP contribution in [0.4, 0.5) is 33.5 Å². The smallest absolute Gasteiger partial charge is 0.361 e. The lowest BCUT2D eigenvalue weighted by molar-refractivity contribution is -0.145. The van der Waals surface area contributed by atoms with Crippen LogP contribution in [0.1, 0.15) is 64.0 Å². The number of carbonyl (C=O) groups excluding carboxylic acids is 2. The minimum absolute atomic E-state index is 0.130. The summed E-state index contributed by atoms with van der Waals surface area (Å²) in [6.07, 6.45) is -2.82. The van der Waals surface area contributed by atoms with Crippen LogP contribution < -0.4 is 26.7 Å². The van der Waals surface area contributed by atoms with Gasteiger partial charge in [0.1, 0.15) is 12.7 Å². The second-order valence-electron chi connectivity index (χ2n) is 12.3. The fraction of sp³-hybridized carbons (Fsp3) is 0.704. The third-order valence-electron chi connectivity index (χ3n) is 9.13. The lowest BCUT2D eigenvalue weighted by Gasteiger charge is -2.38. The van der Waals surface area contributed by atoms with Crippen LogP contribution in [0.15, 0.2) is 17.3 Å². The summed E-state index contributed by atoms with van der Waals surface area (Å²) in [7, 11) is 0. The minimum atomic E-state index is -4.65. The molecule has 3 fully saturated rings. The number of carbonyl (C=O) groups is 2. The SMILES string of the molecule is CC1NON=C1C(=O)N[C@@H](C1Nc2ccc(C3(C(=O)NCC(F)(F)F)CCC(F)(F)CC3)nc2N1)C(C1CC1)C1CC1. The van der Waals surface area contributed by atoms with E-state index in [1.54, 1.807) is 13.0 Å². The molecule has 3 aliphatic carbocycles. The molecule has 3 atom stereocenters. The van der Waals surface area contributed by atoms with Gasteiger partial charge < -0.3 is 21.3 Å². The molecule has 2 unspecified atom stereocenters. The highest BCUT2D eigenvalue weighted by Crippen LogP contribution is 2.52. The summed E-state index contributed by atoms with van der Waals surface area (Å²) in [5.41, 5.74) is 1.93. The Bertz CT molecular complexity index is 1240. The van der Waals surface area contributed by atoms with Crippen molar-refractivity contribution in [3.63, 3.8) is 0 Å². The van der Waals surface area contributed by atoms with Crippen molar-refractivity contribution in [2.24, 2.45) is 22.9 Å². The maximum absolute atomic E-state index is 14.1. The van der Waals surface area contributed by atoms with Gasteiger partial charge in [0, 0.05) is 12.8 Å². The Morgan fingerprint density at radius 1 is 1.07 bits per heavy atom. The monoisotopic (exact) mass is 599 g/mol. The van der Waals surface area contributed by atoms with Crippen molar-refractivity contribution < 1.29 is 36.5 Å². The molecule has 0 aromatic carbocycles. The Balaban J connectivity index is 1.26. The third kappa shape index (κ3) is 5.84. The first kappa shape index (κ1) is 28.9. The molecule has 0 saturated heterocycles. The van der Waals surface area contributed by atoms with Crippen LogP contribution in [-0.2, 0) is 19.9 Å². The summed E-state index contributed by atoms with van der Waals surface area (Å²) in [6, 6.07) is 2.42. The molecule has 2 aliphatic heterocycles. The number of anilines is 2. The number of halogens is 5. The molecule has 42 heavy (non-hydrogen) atoms. The van der Waals surface area contributed by atoms with Crippen LogP contribution in [0.5, 0.6) is 0 Å². The molecule has 10 nitrogen and oxygen atoms in total. The Labute approximate surface area is 238 Å². The van der Waals surface area contributed by atoms with Crippen molar-refractivity contribution in [3.8, 4) is 0 Å². The van der Waals surface area contributed by atoms with Crippen LogP contribution in [0, 0.1) is 17.8 Å². The molecule has 3 saturated carbocycles. The number of hydroxylamine groups is 1. The molecule has 6 rings (SSSR count). The van der Waals surface area contributed by atoms with E-state index in [1.165, 1.54) is 6.07 Å². The number of oxime groups is 1. The van der Waals surface area contributed by atoms with Gasteiger partial charge >= 0.3 is 6.18 Å². The van der Waals surface area contributed by atoms with E-state index in [0.29, 0.717) is 23.3 Å². The number of hydrogen-bond acceptors (Lipinski definition) is 8. The van der Waals surface area contributed by atoms with E-state index in [9.17, 15) is 31.5 Å². The number of amides is 2. The minimum Gasteiger partial charge on any atom is -0.361 e. The summed E-state index contributed by atoms with van der Waals surface area (Å²) in [5.74, 6) is -2.89. The standard InChI is InChI=1S/C27H34F5N7O3/c1-13-19(39-42-38-13)23(40)36-20(18(14-2-3-14)15-4-5-15)22-34-16-6-7-17(35-21(16)37-22)25(8-10-26(28,29)11-9-25)24(41)33-12-27(30,31)32/h6-7,13-15,18,20,22,34,38H,2-5,8-12H2,1H3,(H,33,41)(H,35,37)(H,36,40)/t13?,20-,22?/m1/s1. The maximum Gasteiger partial charge on any atom is 0.405 e. The van der Waals surface area contributed by atoms with Crippen molar-refractivity contribution in [2.45, 2.75) is 94.1 Å². The number of hydrogen-bond donors (Lipinski definition) is 5. The van der Waals surface area contributed by atoms with Gasteiger partial charge in [0.15, 0.2) is 11.5 Å². The highest BCUT2D eigenvalue weighted by atomic mass is 19.4. The van der Waals surface area contributed by atoms with Gasteiger partial charge in [-0.3, -0.25) is 14.5 Å². The van der Waals surface area contributed by atoms with Gasteiger partial charge in [-0.1, -0.05) is 5.16 Å². The Morgan fingerprint density at radius 2 is 1.74 bits per heavy atom. The zero-order chi connectivity index (χ0) is 29.9. The summed E-state index contributed by atoms with van der Waals surface area (Å²) < 4.78 is 67.0. The first-order valence-corrected chi connectivity index (χ1v) is 14.4. The summed E-state index contributed by atoms with van der Waals surface area (Å²) in [6.45, 7) is 0.196. The number of pyridine rings is 1. The van der Waals surface area contributed by atoms with E-state index < -0.39 is 49.0 Å². The number of aromatic nitrogens is 1. The Kier molecular flexibility index (Phi) is 7.21. The molecule has 5 N–H and O–H groups in total. The van der Waals surface area contributed by atoms with E-state index in [-0.39, 0.29) is 48.2 Å². The molecule has 0 spiro atoms. The lowest BCUT2D eigenvalue weighted by atomic mass is 9.69.